The summed E-state index contributed by atoms with van der Waals surface area (Å²) in [5.74, 6) is -0.835. The van der Waals surface area contributed by atoms with Crippen LogP contribution in [0, 0.1) is 13.8 Å². The summed E-state index contributed by atoms with van der Waals surface area (Å²) in [6, 6.07) is 0.0999. The van der Waals surface area contributed by atoms with E-state index in [9.17, 15) is 9.90 Å². The molecule has 20 heavy (non-hydrogen) atoms. The molecular weight excluding hydrogens is 322 g/mol. The molecule has 5 nitrogen and oxygen atoms in total. The van der Waals surface area contributed by atoms with Gasteiger partial charge in [0.15, 0.2) is 0 Å². The highest BCUT2D eigenvalue weighted by atomic mass is 79.9. The summed E-state index contributed by atoms with van der Waals surface area (Å²) in [6.07, 6.45) is 0.467. The number of carboxylic acid groups (broad SMARTS) is 1. The number of carbonyl (C=O) groups is 1. The second kappa shape index (κ2) is 6.26. The minimum absolute atomic E-state index is 0.00708. The molecule has 2 unspecified atom stereocenters. The second-order valence-corrected chi connectivity index (χ2v) is 6.71. The number of hydrogen-bond donors (Lipinski definition) is 2. The van der Waals surface area contributed by atoms with Gasteiger partial charge in [-0.1, -0.05) is 0 Å². The lowest BCUT2D eigenvalue weighted by Gasteiger charge is -2.31. The molecule has 0 saturated carbocycles. The van der Waals surface area contributed by atoms with Crippen molar-refractivity contribution in [3.8, 4) is 0 Å². The maximum Gasteiger partial charge on any atom is 0.323 e. The minimum atomic E-state index is -0.966. The van der Waals surface area contributed by atoms with Crippen LogP contribution in [0.4, 0.5) is 0 Å². The molecule has 0 bridgehead atoms. The van der Waals surface area contributed by atoms with E-state index in [1.54, 1.807) is 6.92 Å². The van der Waals surface area contributed by atoms with Crippen molar-refractivity contribution in [1.29, 1.82) is 0 Å². The van der Waals surface area contributed by atoms with E-state index in [1.165, 1.54) is 0 Å². The Hall–Kier alpha value is -0.880. The van der Waals surface area contributed by atoms with E-state index >= 15 is 0 Å². The van der Waals surface area contributed by atoms with Gasteiger partial charge >= 0.3 is 5.97 Å². The van der Waals surface area contributed by atoms with E-state index in [4.69, 9.17) is 0 Å². The molecule has 1 rings (SSSR count). The average Bonchev–Trinajstić information content (AvgIpc) is 2.55. The summed E-state index contributed by atoms with van der Waals surface area (Å²) in [7, 11) is 0. The van der Waals surface area contributed by atoms with Gasteiger partial charge in [-0.15, -0.1) is 0 Å². The Morgan fingerprint density at radius 1 is 1.45 bits per heavy atom. The van der Waals surface area contributed by atoms with E-state index in [2.05, 4.69) is 26.3 Å². The highest BCUT2D eigenvalue weighted by Crippen LogP contribution is 2.27. The number of aromatic nitrogens is 2. The predicted octanol–water partition coefficient (Wildman–Crippen LogP) is 3.05. The van der Waals surface area contributed by atoms with Crippen molar-refractivity contribution in [3.05, 3.63) is 15.9 Å². The first-order valence-electron chi connectivity index (χ1n) is 6.80. The van der Waals surface area contributed by atoms with Crippen LogP contribution >= 0.6 is 15.9 Å². The molecule has 1 aromatic rings. The fourth-order valence-electron chi connectivity index (χ4n) is 2.59. The Labute approximate surface area is 128 Å². The summed E-state index contributed by atoms with van der Waals surface area (Å²) in [6.45, 7) is 11.5. The molecule has 0 spiro atoms. The van der Waals surface area contributed by atoms with Crippen LogP contribution in [0.5, 0.6) is 0 Å². The number of nitrogens with zero attached hydrogens (tertiary/aromatic N) is 2. The minimum Gasteiger partial charge on any atom is -0.480 e. The summed E-state index contributed by atoms with van der Waals surface area (Å²) in [5.41, 5.74) is 0.974. The first-order valence-corrected chi connectivity index (χ1v) is 7.60. The van der Waals surface area contributed by atoms with Gasteiger partial charge in [0.2, 0.25) is 0 Å². The fraction of sp³-hybridized carbons (Fsp3) is 0.714. The van der Waals surface area contributed by atoms with Crippen molar-refractivity contribution in [3.63, 3.8) is 0 Å². The molecule has 114 valence electrons. The van der Waals surface area contributed by atoms with Crippen LogP contribution in [0.15, 0.2) is 4.47 Å². The Balaban J connectivity index is 2.99. The molecule has 0 aliphatic rings. The van der Waals surface area contributed by atoms with Gasteiger partial charge in [0, 0.05) is 6.04 Å². The first kappa shape index (κ1) is 17.2. The van der Waals surface area contributed by atoms with Gasteiger partial charge in [-0.05, 0) is 63.9 Å². The monoisotopic (exact) mass is 345 g/mol. The fourth-order valence-corrected chi connectivity index (χ4v) is 2.86. The number of halogens is 1. The van der Waals surface area contributed by atoms with Crippen molar-refractivity contribution in [2.24, 2.45) is 0 Å². The maximum atomic E-state index is 11.6. The van der Waals surface area contributed by atoms with Crippen molar-refractivity contribution < 1.29 is 9.90 Å². The molecule has 0 aliphatic carbocycles. The summed E-state index contributed by atoms with van der Waals surface area (Å²) >= 11 is 3.50. The van der Waals surface area contributed by atoms with Gasteiger partial charge in [-0.25, -0.2) is 0 Å². The molecule has 6 heteroatoms. The number of hydrogen-bond acceptors (Lipinski definition) is 3. The van der Waals surface area contributed by atoms with Crippen molar-refractivity contribution in [2.75, 3.05) is 0 Å². The standard InChI is InChI=1S/C14H24BrN3O2/c1-8(2)16-14(6,13(19)20)7-9(3)18-11(5)12(15)10(4)17-18/h8-9,16H,7H2,1-6H3,(H,19,20). The van der Waals surface area contributed by atoms with E-state index < -0.39 is 11.5 Å². The average molecular weight is 346 g/mol. The third-order valence-electron chi connectivity index (χ3n) is 3.44. The molecule has 1 aromatic heterocycles. The lowest BCUT2D eigenvalue weighted by Crippen LogP contribution is -2.53. The maximum absolute atomic E-state index is 11.6. The molecule has 1 heterocycles. The van der Waals surface area contributed by atoms with Crippen LogP contribution in [0.25, 0.3) is 0 Å². The lowest BCUT2D eigenvalue weighted by atomic mass is 9.92. The topological polar surface area (TPSA) is 67.2 Å². The number of carboxylic acids is 1. The first-order chi connectivity index (χ1) is 9.08. The van der Waals surface area contributed by atoms with Gasteiger partial charge < -0.3 is 5.11 Å². The smallest absolute Gasteiger partial charge is 0.323 e. The molecule has 2 N–H and O–H groups in total. The number of aryl methyl sites for hydroxylation is 1. The van der Waals surface area contributed by atoms with Crippen LogP contribution in [-0.2, 0) is 4.79 Å². The van der Waals surface area contributed by atoms with E-state index in [0.717, 1.165) is 15.9 Å². The van der Waals surface area contributed by atoms with E-state index in [1.807, 2.05) is 39.3 Å². The SMILES string of the molecule is Cc1nn(C(C)CC(C)(NC(C)C)C(=O)O)c(C)c1Br. The van der Waals surface area contributed by atoms with E-state index in [0.29, 0.717) is 6.42 Å². The molecule has 2 atom stereocenters. The van der Waals surface area contributed by atoms with Crippen LogP contribution in [0.3, 0.4) is 0 Å². The van der Waals surface area contributed by atoms with Gasteiger partial charge in [0.25, 0.3) is 0 Å². The highest BCUT2D eigenvalue weighted by Gasteiger charge is 2.36. The van der Waals surface area contributed by atoms with Crippen molar-refractivity contribution in [1.82, 2.24) is 15.1 Å². The van der Waals surface area contributed by atoms with Gasteiger partial charge in [-0.2, -0.15) is 5.10 Å². The molecule has 0 radical (unpaired) electrons. The summed E-state index contributed by atoms with van der Waals surface area (Å²) < 4.78 is 2.88. The molecule has 0 amide bonds. The highest BCUT2D eigenvalue weighted by molar-refractivity contribution is 9.10. The molecular formula is C14H24BrN3O2. The molecule has 0 aromatic carbocycles. The zero-order valence-corrected chi connectivity index (χ0v) is 14.6. The Morgan fingerprint density at radius 3 is 2.35 bits per heavy atom. The Kier molecular flexibility index (Phi) is 5.38. The second-order valence-electron chi connectivity index (χ2n) is 5.92. The largest absolute Gasteiger partial charge is 0.480 e. The quantitative estimate of drug-likeness (QED) is 0.831. The third-order valence-corrected chi connectivity index (χ3v) is 4.58. The number of nitrogens with one attached hydrogen (secondary N) is 1. The van der Waals surface area contributed by atoms with Gasteiger partial charge in [0.05, 0.1) is 21.9 Å². The molecule has 0 aliphatic heterocycles. The predicted molar refractivity (Wildman–Crippen MR) is 83.0 cm³/mol. The van der Waals surface area contributed by atoms with Gasteiger partial charge in [-0.3, -0.25) is 14.8 Å². The Morgan fingerprint density at radius 2 is 2.00 bits per heavy atom. The van der Waals surface area contributed by atoms with Crippen molar-refractivity contribution in [2.45, 2.75) is 65.6 Å². The van der Waals surface area contributed by atoms with Crippen LogP contribution < -0.4 is 5.32 Å². The van der Waals surface area contributed by atoms with E-state index in [-0.39, 0.29) is 12.1 Å². The van der Waals surface area contributed by atoms with Gasteiger partial charge in [0.1, 0.15) is 5.54 Å². The molecule has 0 fully saturated rings. The normalized spacial score (nSPS) is 16.2. The third kappa shape index (κ3) is 3.61. The zero-order valence-electron chi connectivity index (χ0n) is 13.0. The van der Waals surface area contributed by atoms with Crippen LogP contribution in [0.2, 0.25) is 0 Å². The van der Waals surface area contributed by atoms with Crippen LogP contribution in [0.1, 0.15) is 51.5 Å². The lowest BCUT2D eigenvalue weighted by molar-refractivity contribution is -0.145. The Bertz CT molecular complexity index is 499. The number of rotatable bonds is 6. The van der Waals surface area contributed by atoms with Crippen LogP contribution in [-0.4, -0.2) is 32.4 Å². The zero-order chi connectivity index (χ0) is 15.7. The summed E-state index contributed by atoms with van der Waals surface area (Å²) in [5, 5.41) is 17.1. The molecule has 0 saturated heterocycles. The van der Waals surface area contributed by atoms with Crippen molar-refractivity contribution >= 4 is 21.9 Å². The number of aliphatic carboxylic acids is 1. The summed E-state index contributed by atoms with van der Waals surface area (Å²) in [4.78, 5) is 11.6.